The number of aromatic nitrogens is 1. The molecule has 1 aromatic carbocycles. The Bertz CT molecular complexity index is 1030. The molecule has 1 amide bonds. The van der Waals surface area contributed by atoms with E-state index in [1.54, 1.807) is 18.7 Å². The van der Waals surface area contributed by atoms with Crippen molar-refractivity contribution >= 4 is 39.2 Å². The Morgan fingerprint density at radius 1 is 1.29 bits per heavy atom. The van der Waals surface area contributed by atoms with E-state index in [0.29, 0.717) is 43.5 Å². The first kappa shape index (κ1) is 22.4. The van der Waals surface area contributed by atoms with Gasteiger partial charge in [0.25, 0.3) is 5.91 Å². The van der Waals surface area contributed by atoms with E-state index in [9.17, 15) is 18.0 Å². The average Bonchev–Trinajstić information content (AvgIpc) is 3.07. The molecule has 1 fully saturated rings. The maximum absolute atomic E-state index is 12.9. The monoisotopic (exact) mass is 428 g/mol. The van der Waals surface area contributed by atoms with E-state index in [2.05, 4.69) is 4.98 Å². The Morgan fingerprint density at radius 3 is 2.54 bits per heavy atom. The number of carbonyl (C=O) groups excluding carboxylic acids is 1. The summed E-state index contributed by atoms with van der Waals surface area (Å²) in [5, 5.41) is 0.410. The van der Waals surface area contributed by atoms with Crippen LogP contribution in [0.3, 0.4) is 0 Å². The van der Waals surface area contributed by atoms with E-state index in [1.807, 2.05) is 0 Å². The first-order chi connectivity index (χ1) is 12.8. The van der Waals surface area contributed by atoms with Gasteiger partial charge in [-0.25, -0.2) is 8.42 Å². The number of fused-ring (bicyclic) bond motifs is 1. The van der Waals surface area contributed by atoms with Crippen LogP contribution in [-0.2, 0) is 10.0 Å². The van der Waals surface area contributed by atoms with Crippen molar-refractivity contribution in [2.45, 2.75) is 31.2 Å². The summed E-state index contributed by atoms with van der Waals surface area (Å²) >= 11 is 0. The predicted molar refractivity (Wildman–Crippen MR) is 110 cm³/mol. The number of nitrogens with one attached hydrogen (secondary N) is 1. The van der Waals surface area contributed by atoms with Crippen molar-refractivity contribution in [2.75, 3.05) is 26.2 Å². The molecule has 3 rings (SSSR count). The summed E-state index contributed by atoms with van der Waals surface area (Å²) < 4.78 is 27.0. The zero-order valence-electron chi connectivity index (χ0n) is 15.8. The summed E-state index contributed by atoms with van der Waals surface area (Å²) in [5.41, 5.74) is 6.09. The lowest BCUT2D eigenvalue weighted by molar-refractivity contribution is 0.0792. The number of nitrogens with two attached hydrogens (primary N) is 1. The molecule has 0 radical (unpaired) electrons. The molecule has 1 aliphatic heterocycles. The summed E-state index contributed by atoms with van der Waals surface area (Å²) in [6, 6.07) is 5.58. The smallest absolute Gasteiger partial charge is 0.254 e. The number of nitrogens with zero attached hydrogens (tertiary/aromatic N) is 2. The first-order valence-corrected chi connectivity index (χ1v) is 10.4. The van der Waals surface area contributed by atoms with Crippen LogP contribution in [0.1, 0.15) is 30.6 Å². The van der Waals surface area contributed by atoms with Gasteiger partial charge in [0.15, 0.2) is 0 Å². The van der Waals surface area contributed by atoms with Crippen LogP contribution in [0, 0.1) is 0 Å². The highest BCUT2D eigenvalue weighted by Gasteiger charge is 2.27. The maximum atomic E-state index is 12.9. The number of hydrogen-bond acceptors (Lipinski definition) is 5. The van der Waals surface area contributed by atoms with Gasteiger partial charge in [-0.2, -0.15) is 4.31 Å². The van der Waals surface area contributed by atoms with E-state index >= 15 is 0 Å². The second-order valence-electron chi connectivity index (χ2n) is 6.64. The van der Waals surface area contributed by atoms with Gasteiger partial charge in [-0.15, -0.1) is 12.4 Å². The molecule has 0 saturated carbocycles. The summed E-state index contributed by atoms with van der Waals surface area (Å²) in [5.74, 6) is -0.309. The number of pyridine rings is 1. The minimum atomic E-state index is -3.68. The number of carbonyl (C=O) groups is 1. The van der Waals surface area contributed by atoms with Crippen molar-refractivity contribution in [2.24, 2.45) is 5.73 Å². The lowest BCUT2D eigenvalue weighted by Crippen LogP contribution is -2.33. The fraction of sp³-hybridized carbons (Fsp3) is 0.444. The Kier molecular flexibility index (Phi) is 6.87. The molecule has 28 heavy (non-hydrogen) atoms. The number of aromatic amines is 1. The van der Waals surface area contributed by atoms with Gasteiger partial charge in [-0.1, -0.05) is 13.8 Å². The van der Waals surface area contributed by atoms with E-state index < -0.39 is 15.6 Å². The molecule has 1 aliphatic rings. The molecule has 2 aromatic rings. The Balaban J connectivity index is 0.00000280. The molecule has 3 N–H and O–H groups in total. The van der Waals surface area contributed by atoms with Crippen molar-refractivity contribution in [3.63, 3.8) is 0 Å². The van der Waals surface area contributed by atoms with Crippen molar-refractivity contribution in [1.29, 1.82) is 0 Å². The molecule has 10 heteroatoms. The van der Waals surface area contributed by atoms with Crippen molar-refractivity contribution < 1.29 is 13.2 Å². The Morgan fingerprint density at radius 2 is 1.96 bits per heavy atom. The van der Waals surface area contributed by atoms with Gasteiger partial charge in [0.05, 0.1) is 10.5 Å². The maximum Gasteiger partial charge on any atom is 0.254 e. The zero-order valence-corrected chi connectivity index (χ0v) is 17.5. The third-order valence-electron chi connectivity index (χ3n) is 4.90. The molecular formula is C18H25ClN4O4S. The molecule has 0 spiro atoms. The number of H-pyrrole nitrogens is 1. The highest BCUT2D eigenvalue weighted by atomic mass is 35.5. The minimum absolute atomic E-state index is 0. The molecule has 1 atom stereocenters. The van der Waals surface area contributed by atoms with Crippen LogP contribution in [0.4, 0.5) is 0 Å². The number of rotatable bonds is 5. The summed E-state index contributed by atoms with van der Waals surface area (Å²) in [6.07, 6.45) is 0.703. The van der Waals surface area contributed by atoms with Gasteiger partial charge >= 0.3 is 0 Å². The SMILES string of the molecule is CCN(CC)S(=O)(=O)c1ccc2[nH]c(=O)cc(C(=O)N3CC[C@@H](N)C3)c2c1.Cl. The van der Waals surface area contributed by atoms with Crippen molar-refractivity contribution in [3.8, 4) is 0 Å². The Labute approximate surface area is 170 Å². The number of sulfonamides is 1. The highest BCUT2D eigenvalue weighted by molar-refractivity contribution is 7.89. The number of hydrogen-bond donors (Lipinski definition) is 2. The van der Waals surface area contributed by atoms with E-state index in [0.717, 1.165) is 0 Å². The van der Waals surface area contributed by atoms with Crippen LogP contribution in [0.5, 0.6) is 0 Å². The van der Waals surface area contributed by atoms with E-state index in [1.165, 1.54) is 28.6 Å². The molecular weight excluding hydrogens is 404 g/mol. The molecule has 0 bridgehead atoms. The molecule has 1 aromatic heterocycles. The topological polar surface area (TPSA) is 117 Å². The zero-order chi connectivity index (χ0) is 19.8. The second kappa shape index (κ2) is 8.60. The molecule has 1 saturated heterocycles. The number of likely N-dealkylation sites (tertiary alicyclic amines) is 1. The van der Waals surface area contributed by atoms with Crippen molar-refractivity contribution in [1.82, 2.24) is 14.2 Å². The molecule has 154 valence electrons. The normalized spacial score (nSPS) is 17.1. The standard InChI is InChI=1S/C18H24N4O4S.ClH/c1-3-22(4-2)27(25,26)13-5-6-16-14(9-13)15(10-17(23)20-16)18(24)21-8-7-12(19)11-21;/h5-6,9-10,12H,3-4,7-8,11,19H2,1-2H3,(H,20,23);1H/t12-;/m1./s1. The highest BCUT2D eigenvalue weighted by Crippen LogP contribution is 2.24. The van der Waals surface area contributed by atoms with Gasteiger partial charge in [0.1, 0.15) is 0 Å². The summed E-state index contributed by atoms with van der Waals surface area (Å²) in [6.45, 7) is 5.17. The average molecular weight is 429 g/mol. The lowest BCUT2D eigenvalue weighted by atomic mass is 10.1. The third kappa shape index (κ3) is 4.07. The van der Waals surface area contributed by atoms with Crippen molar-refractivity contribution in [3.05, 3.63) is 40.2 Å². The van der Waals surface area contributed by atoms with Crippen LogP contribution < -0.4 is 11.3 Å². The number of amides is 1. The number of halogens is 1. The molecule has 2 heterocycles. The quantitative estimate of drug-likeness (QED) is 0.740. The minimum Gasteiger partial charge on any atom is -0.337 e. The first-order valence-electron chi connectivity index (χ1n) is 9.00. The largest absolute Gasteiger partial charge is 0.337 e. The van der Waals surface area contributed by atoms with Gasteiger partial charge in [0.2, 0.25) is 15.6 Å². The predicted octanol–water partition coefficient (Wildman–Crippen LogP) is 1.15. The molecule has 0 aliphatic carbocycles. The van der Waals surface area contributed by atoms with Gasteiger partial charge in [0, 0.05) is 49.2 Å². The summed E-state index contributed by atoms with van der Waals surface area (Å²) in [7, 11) is -3.68. The fourth-order valence-corrected chi connectivity index (χ4v) is 4.91. The lowest BCUT2D eigenvalue weighted by Gasteiger charge is -2.20. The van der Waals surface area contributed by atoms with Crippen LogP contribution in [0.25, 0.3) is 10.9 Å². The van der Waals surface area contributed by atoms with Gasteiger partial charge < -0.3 is 15.6 Å². The van der Waals surface area contributed by atoms with Crippen LogP contribution in [-0.4, -0.2) is 60.7 Å². The molecule has 0 unspecified atom stereocenters. The van der Waals surface area contributed by atoms with Crippen LogP contribution >= 0.6 is 12.4 Å². The molecule has 8 nitrogen and oxygen atoms in total. The van der Waals surface area contributed by atoms with Gasteiger partial charge in [-0.05, 0) is 24.6 Å². The van der Waals surface area contributed by atoms with E-state index in [4.69, 9.17) is 5.73 Å². The fourth-order valence-electron chi connectivity index (χ4n) is 3.42. The van der Waals surface area contributed by atoms with Crippen LogP contribution in [0.2, 0.25) is 0 Å². The van der Waals surface area contributed by atoms with Gasteiger partial charge in [-0.3, -0.25) is 9.59 Å². The Hall–Kier alpha value is -1.94. The van der Waals surface area contributed by atoms with Crippen LogP contribution in [0.15, 0.2) is 34.0 Å². The number of benzene rings is 1. The third-order valence-corrected chi connectivity index (χ3v) is 6.95. The van der Waals surface area contributed by atoms with E-state index in [-0.39, 0.29) is 34.8 Å². The second-order valence-corrected chi connectivity index (χ2v) is 8.58. The summed E-state index contributed by atoms with van der Waals surface area (Å²) in [4.78, 5) is 29.3.